The lowest BCUT2D eigenvalue weighted by Gasteiger charge is -2.15. The number of pyridine rings is 1. The van der Waals surface area contributed by atoms with Gasteiger partial charge in [0.25, 0.3) is 5.91 Å². The highest BCUT2D eigenvalue weighted by Crippen LogP contribution is 2.20. The summed E-state index contributed by atoms with van der Waals surface area (Å²) in [5.74, 6) is 0.0429. The van der Waals surface area contributed by atoms with Gasteiger partial charge in [-0.3, -0.25) is 4.79 Å². The van der Waals surface area contributed by atoms with E-state index in [2.05, 4.69) is 43.1 Å². The number of carbonyl (C=O) groups excluding carboxylic acids is 1. The summed E-state index contributed by atoms with van der Waals surface area (Å²) in [5, 5.41) is 0. The Bertz CT molecular complexity index is 849. The molecule has 2 heterocycles. The first-order chi connectivity index (χ1) is 11.6. The zero-order valence-corrected chi connectivity index (χ0v) is 14.5. The first kappa shape index (κ1) is 16.2. The van der Waals surface area contributed by atoms with Gasteiger partial charge in [0.05, 0.1) is 11.3 Å². The van der Waals surface area contributed by atoms with Crippen molar-refractivity contribution in [2.75, 3.05) is 13.6 Å². The Kier molecular flexibility index (Phi) is 4.65. The molecule has 0 spiro atoms. The Hall–Kier alpha value is -2.62. The van der Waals surface area contributed by atoms with Crippen LogP contribution in [0.15, 0.2) is 48.8 Å². The SMILES string of the molecule is CCCN(C)C(=O)c1ccc2nc(-c3ccc(CC)cc3)cn2c1. The normalized spacial score (nSPS) is 11.0. The predicted octanol–water partition coefficient (Wildman–Crippen LogP) is 4.05. The molecule has 4 nitrogen and oxygen atoms in total. The van der Waals surface area contributed by atoms with E-state index in [-0.39, 0.29) is 5.91 Å². The van der Waals surface area contributed by atoms with Gasteiger partial charge in [-0.15, -0.1) is 0 Å². The topological polar surface area (TPSA) is 37.6 Å². The maximum absolute atomic E-state index is 12.4. The zero-order chi connectivity index (χ0) is 17.1. The molecule has 124 valence electrons. The van der Waals surface area contributed by atoms with Gasteiger partial charge in [0.15, 0.2) is 0 Å². The maximum atomic E-state index is 12.4. The Morgan fingerprint density at radius 3 is 2.50 bits per heavy atom. The van der Waals surface area contributed by atoms with Crippen molar-refractivity contribution in [3.63, 3.8) is 0 Å². The van der Waals surface area contributed by atoms with E-state index in [1.165, 1.54) is 5.56 Å². The lowest BCUT2D eigenvalue weighted by Crippen LogP contribution is -2.27. The summed E-state index contributed by atoms with van der Waals surface area (Å²) < 4.78 is 1.93. The van der Waals surface area contributed by atoms with E-state index in [1.807, 2.05) is 36.0 Å². The summed E-state index contributed by atoms with van der Waals surface area (Å²) in [6.45, 7) is 4.97. The third-order valence-electron chi connectivity index (χ3n) is 4.26. The average Bonchev–Trinajstić information content (AvgIpc) is 3.04. The van der Waals surface area contributed by atoms with Crippen molar-refractivity contribution in [3.05, 3.63) is 59.9 Å². The van der Waals surface area contributed by atoms with Crippen LogP contribution in [0.1, 0.15) is 36.2 Å². The maximum Gasteiger partial charge on any atom is 0.255 e. The van der Waals surface area contributed by atoms with Crippen LogP contribution in [-0.2, 0) is 6.42 Å². The summed E-state index contributed by atoms with van der Waals surface area (Å²) in [6.07, 6.45) is 5.82. The summed E-state index contributed by atoms with van der Waals surface area (Å²) in [4.78, 5) is 18.8. The molecule has 3 aromatic rings. The Morgan fingerprint density at radius 2 is 1.83 bits per heavy atom. The summed E-state index contributed by atoms with van der Waals surface area (Å²) in [5.41, 5.74) is 4.85. The van der Waals surface area contributed by atoms with Crippen molar-refractivity contribution < 1.29 is 4.79 Å². The molecular weight excluding hydrogens is 298 g/mol. The molecule has 1 amide bonds. The highest BCUT2D eigenvalue weighted by molar-refractivity contribution is 5.94. The second-order valence-electron chi connectivity index (χ2n) is 6.09. The number of hydrogen-bond donors (Lipinski definition) is 0. The van der Waals surface area contributed by atoms with E-state index in [4.69, 9.17) is 0 Å². The molecule has 2 aromatic heterocycles. The summed E-state index contributed by atoms with van der Waals surface area (Å²) in [7, 11) is 1.84. The summed E-state index contributed by atoms with van der Waals surface area (Å²) >= 11 is 0. The van der Waals surface area contributed by atoms with Gasteiger partial charge in [-0.1, -0.05) is 38.1 Å². The minimum atomic E-state index is 0.0429. The van der Waals surface area contributed by atoms with Gasteiger partial charge in [-0.2, -0.15) is 0 Å². The zero-order valence-electron chi connectivity index (χ0n) is 14.5. The van der Waals surface area contributed by atoms with Crippen molar-refractivity contribution >= 4 is 11.6 Å². The van der Waals surface area contributed by atoms with Crippen molar-refractivity contribution in [1.82, 2.24) is 14.3 Å². The molecule has 0 saturated heterocycles. The van der Waals surface area contributed by atoms with Crippen LogP contribution >= 0.6 is 0 Å². The minimum Gasteiger partial charge on any atom is -0.342 e. The van der Waals surface area contributed by atoms with Gasteiger partial charge in [0.1, 0.15) is 5.65 Å². The van der Waals surface area contributed by atoms with Crippen LogP contribution in [0, 0.1) is 0 Å². The van der Waals surface area contributed by atoms with Crippen LogP contribution in [0.3, 0.4) is 0 Å². The average molecular weight is 321 g/mol. The monoisotopic (exact) mass is 321 g/mol. The number of fused-ring (bicyclic) bond motifs is 1. The van der Waals surface area contributed by atoms with Crippen molar-refractivity contribution in [2.24, 2.45) is 0 Å². The van der Waals surface area contributed by atoms with E-state index in [0.717, 1.165) is 36.3 Å². The van der Waals surface area contributed by atoms with Crippen LogP contribution in [0.2, 0.25) is 0 Å². The van der Waals surface area contributed by atoms with Crippen molar-refractivity contribution in [1.29, 1.82) is 0 Å². The van der Waals surface area contributed by atoms with E-state index < -0.39 is 0 Å². The number of nitrogens with zero attached hydrogens (tertiary/aromatic N) is 3. The molecule has 0 unspecified atom stereocenters. The molecule has 0 saturated carbocycles. The number of hydrogen-bond acceptors (Lipinski definition) is 2. The Balaban J connectivity index is 1.92. The van der Waals surface area contributed by atoms with Crippen LogP contribution in [-0.4, -0.2) is 33.8 Å². The third kappa shape index (κ3) is 3.18. The van der Waals surface area contributed by atoms with Crippen LogP contribution < -0.4 is 0 Å². The first-order valence-electron chi connectivity index (χ1n) is 8.46. The number of amides is 1. The molecule has 1 aromatic carbocycles. The van der Waals surface area contributed by atoms with E-state index in [9.17, 15) is 4.79 Å². The van der Waals surface area contributed by atoms with Crippen LogP contribution in [0.25, 0.3) is 16.9 Å². The minimum absolute atomic E-state index is 0.0429. The predicted molar refractivity (Wildman–Crippen MR) is 97.3 cm³/mol. The summed E-state index contributed by atoms with van der Waals surface area (Å²) in [6, 6.07) is 12.2. The number of rotatable bonds is 5. The Labute approximate surface area is 142 Å². The highest BCUT2D eigenvalue weighted by Gasteiger charge is 2.12. The number of carbonyl (C=O) groups is 1. The fourth-order valence-corrected chi connectivity index (χ4v) is 2.83. The second kappa shape index (κ2) is 6.87. The standard InChI is InChI=1S/C20H23N3O/c1-4-12-22(3)20(24)17-10-11-19-21-18(14-23(19)13-17)16-8-6-15(5-2)7-9-16/h6-11,13-14H,4-5,12H2,1-3H3. The van der Waals surface area contributed by atoms with Gasteiger partial charge in [0, 0.05) is 31.5 Å². The molecule has 0 fully saturated rings. The molecule has 0 atom stereocenters. The molecule has 0 N–H and O–H groups in total. The number of benzene rings is 1. The third-order valence-corrected chi connectivity index (χ3v) is 4.26. The molecule has 0 aliphatic heterocycles. The number of imidazole rings is 1. The van der Waals surface area contributed by atoms with Crippen LogP contribution in [0.4, 0.5) is 0 Å². The molecule has 4 heteroatoms. The lowest BCUT2D eigenvalue weighted by molar-refractivity contribution is 0.0794. The van der Waals surface area contributed by atoms with Gasteiger partial charge in [-0.05, 0) is 30.5 Å². The van der Waals surface area contributed by atoms with E-state index in [0.29, 0.717) is 5.56 Å². The quantitative estimate of drug-likeness (QED) is 0.711. The molecule has 0 aliphatic rings. The van der Waals surface area contributed by atoms with Gasteiger partial charge in [-0.25, -0.2) is 4.98 Å². The van der Waals surface area contributed by atoms with Gasteiger partial charge in [0.2, 0.25) is 0 Å². The largest absolute Gasteiger partial charge is 0.342 e. The van der Waals surface area contributed by atoms with Crippen molar-refractivity contribution in [2.45, 2.75) is 26.7 Å². The molecule has 0 bridgehead atoms. The molecule has 3 rings (SSSR count). The lowest BCUT2D eigenvalue weighted by atomic mass is 10.1. The highest BCUT2D eigenvalue weighted by atomic mass is 16.2. The number of aromatic nitrogens is 2. The van der Waals surface area contributed by atoms with Gasteiger partial charge < -0.3 is 9.30 Å². The van der Waals surface area contributed by atoms with E-state index in [1.54, 1.807) is 4.90 Å². The fourth-order valence-electron chi connectivity index (χ4n) is 2.83. The molecule has 0 radical (unpaired) electrons. The molecular formula is C20H23N3O. The van der Waals surface area contributed by atoms with Gasteiger partial charge >= 0.3 is 0 Å². The van der Waals surface area contributed by atoms with Crippen molar-refractivity contribution in [3.8, 4) is 11.3 Å². The second-order valence-corrected chi connectivity index (χ2v) is 6.09. The van der Waals surface area contributed by atoms with Crippen LogP contribution in [0.5, 0.6) is 0 Å². The smallest absolute Gasteiger partial charge is 0.255 e. The van der Waals surface area contributed by atoms with E-state index >= 15 is 0 Å². The number of aryl methyl sites for hydroxylation is 1. The first-order valence-corrected chi connectivity index (χ1v) is 8.46. The Morgan fingerprint density at radius 1 is 1.08 bits per heavy atom. The fraction of sp³-hybridized carbons (Fsp3) is 0.300. The molecule has 0 aliphatic carbocycles. The molecule has 24 heavy (non-hydrogen) atoms.